The van der Waals surface area contributed by atoms with Gasteiger partial charge in [-0.2, -0.15) is 4.31 Å². The van der Waals surface area contributed by atoms with E-state index < -0.39 is 10.0 Å². The fourth-order valence-electron chi connectivity index (χ4n) is 2.27. The Balaban J connectivity index is 2.38. The highest BCUT2D eigenvalue weighted by Gasteiger charge is 2.37. The van der Waals surface area contributed by atoms with Gasteiger partial charge >= 0.3 is 0 Å². The van der Waals surface area contributed by atoms with Crippen molar-refractivity contribution in [1.29, 1.82) is 0 Å². The second kappa shape index (κ2) is 5.26. The summed E-state index contributed by atoms with van der Waals surface area (Å²) in [5.74, 6) is 0. The molecule has 1 fully saturated rings. The normalized spacial score (nSPS) is 19.1. The molecule has 0 aliphatic carbocycles. The molecule has 1 aliphatic heterocycles. The third-order valence-electron chi connectivity index (χ3n) is 3.48. The summed E-state index contributed by atoms with van der Waals surface area (Å²) in [5.41, 5.74) is 6.07. The Morgan fingerprint density at radius 2 is 2.10 bits per heavy atom. The number of sulfonamides is 1. The van der Waals surface area contributed by atoms with Crippen molar-refractivity contribution in [3.63, 3.8) is 0 Å². The predicted molar refractivity (Wildman–Crippen MR) is 84.5 cm³/mol. The van der Waals surface area contributed by atoms with Crippen LogP contribution in [0.25, 0.3) is 0 Å². The van der Waals surface area contributed by atoms with Gasteiger partial charge in [-0.15, -0.1) is 0 Å². The number of nitrogens with zero attached hydrogens (tertiary/aromatic N) is 1. The van der Waals surface area contributed by atoms with Crippen molar-refractivity contribution in [2.45, 2.75) is 25.2 Å². The Morgan fingerprint density at radius 1 is 1.45 bits per heavy atom. The average molecular weight is 333 g/mol. The summed E-state index contributed by atoms with van der Waals surface area (Å²) in [5, 5.41) is 0.153. The molecule has 4 nitrogen and oxygen atoms in total. The molecular weight excluding hydrogens is 316 g/mol. The highest BCUT2D eigenvalue weighted by Crippen LogP contribution is 2.34. The number of benzene rings is 1. The van der Waals surface area contributed by atoms with Crippen molar-refractivity contribution >= 4 is 38.8 Å². The second-order valence-electron chi connectivity index (χ2n) is 5.76. The quantitative estimate of drug-likeness (QED) is 0.863. The van der Waals surface area contributed by atoms with Crippen LogP contribution in [-0.2, 0) is 10.0 Å². The minimum atomic E-state index is -3.57. The van der Waals surface area contributed by atoms with Crippen molar-refractivity contribution < 1.29 is 8.42 Å². The first-order valence-electron chi connectivity index (χ1n) is 6.23. The van der Waals surface area contributed by atoms with Crippen LogP contribution in [0.2, 0.25) is 5.02 Å². The van der Waals surface area contributed by atoms with E-state index in [9.17, 15) is 8.42 Å². The molecule has 1 saturated heterocycles. The predicted octanol–water partition coefficient (Wildman–Crippen LogP) is 2.39. The Bertz CT molecular complexity index is 656. The lowest BCUT2D eigenvalue weighted by Crippen LogP contribution is -2.30. The van der Waals surface area contributed by atoms with Crippen LogP contribution in [0.3, 0.4) is 0 Å². The van der Waals surface area contributed by atoms with E-state index in [1.165, 1.54) is 16.4 Å². The van der Waals surface area contributed by atoms with Gasteiger partial charge in [-0.05, 0) is 24.0 Å². The van der Waals surface area contributed by atoms with Gasteiger partial charge in [-0.3, -0.25) is 0 Å². The summed E-state index contributed by atoms with van der Waals surface area (Å²) in [6, 6.07) is 4.55. The van der Waals surface area contributed by atoms with Gasteiger partial charge in [0.05, 0.1) is 5.02 Å². The molecule has 0 unspecified atom stereocenters. The van der Waals surface area contributed by atoms with Crippen LogP contribution in [0, 0.1) is 5.41 Å². The molecule has 1 aliphatic rings. The van der Waals surface area contributed by atoms with Crippen LogP contribution < -0.4 is 5.73 Å². The number of halogens is 1. The zero-order chi connectivity index (χ0) is 15.1. The summed E-state index contributed by atoms with van der Waals surface area (Å²) in [4.78, 5) is 0.301. The summed E-state index contributed by atoms with van der Waals surface area (Å²) >= 11 is 10.9. The minimum absolute atomic E-state index is 0.00168. The van der Waals surface area contributed by atoms with Crippen molar-refractivity contribution in [1.82, 2.24) is 4.31 Å². The molecule has 0 spiro atoms. The van der Waals surface area contributed by atoms with Gasteiger partial charge < -0.3 is 5.73 Å². The second-order valence-corrected chi connectivity index (χ2v) is 8.52. The third kappa shape index (κ3) is 2.98. The van der Waals surface area contributed by atoms with Crippen LogP contribution in [0.5, 0.6) is 0 Å². The zero-order valence-corrected chi connectivity index (χ0v) is 13.8. The van der Waals surface area contributed by atoms with Crippen molar-refractivity contribution in [2.75, 3.05) is 13.1 Å². The van der Waals surface area contributed by atoms with Crippen LogP contribution in [0.1, 0.15) is 25.8 Å². The van der Waals surface area contributed by atoms with E-state index in [4.69, 9.17) is 29.6 Å². The maximum Gasteiger partial charge on any atom is 0.244 e. The molecule has 0 saturated carbocycles. The molecule has 7 heteroatoms. The molecule has 2 N–H and O–H groups in total. The largest absolute Gasteiger partial charge is 0.389 e. The van der Waals surface area contributed by atoms with E-state index in [-0.39, 0.29) is 20.3 Å². The molecule has 0 radical (unpaired) electrons. The van der Waals surface area contributed by atoms with Gasteiger partial charge in [0.1, 0.15) is 9.88 Å². The molecular formula is C13H17ClN2O2S2. The molecule has 2 rings (SSSR count). The van der Waals surface area contributed by atoms with Crippen molar-refractivity contribution in [3.8, 4) is 0 Å². The highest BCUT2D eigenvalue weighted by atomic mass is 35.5. The Labute approximate surface area is 130 Å². The van der Waals surface area contributed by atoms with Gasteiger partial charge in [0.15, 0.2) is 0 Å². The maximum absolute atomic E-state index is 12.6. The van der Waals surface area contributed by atoms with Crippen LogP contribution in [0.4, 0.5) is 0 Å². The molecule has 0 amide bonds. The van der Waals surface area contributed by atoms with Crippen molar-refractivity contribution in [2.24, 2.45) is 11.1 Å². The smallest absolute Gasteiger partial charge is 0.244 e. The van der Waals surface area contributed by atoms with E-state index in [2.05, 4.69) is 13.8 Å². The number of nitrogens with two attached hydrogens (primary N) is 1. The number of thiocarbonyl (C=S) groups is 1. The molecule has 1 aromatic carbocycles. The minimum Gasteiger partial charge on any atom is -0.389 e. The van der Waals surface area contributed by atoms with E-state index in [0.717, 1.165) is 6.42 Å². The lowest BCUT2D eigenvalue weighted by Gasteiger charge is -2.20. The summed E-state index contributed by atoms with van der Waals surface area (Å²) < 4.78 is 26.7. The first kappa shape index (κ1) is 15.7. The number of hydrogen-bond donors (Lipinski definition) is 1. The van der Waals surface area contributed by atoms with E-state index >= 15 is 0 Å². The van der Waals surface area contributed by atoms with E-state index in [1.54, 1.807) is 6.07 Å². The van der Waals surface area contributed by atoms with Gasteiger partial charge in [0.25, 0.3) is 0 Å². The summed E-state index contributed by atoms with van der Waals surface area (Å²) in [6.07, 6.45) is 0.842. The van der Waals surface area contributed by atoms with Gasteiger partial charge in [0.2, 0.25) is 10.0 Å². The van der Waals surface area contributed by atoms with Crippen LogP contribution in [-0.4, -0.2) is 30.8 Å². The van der Waals surface area contributed by atoms with E-state index in [1.807, 2.05) is 0 Å². The molecule has 0 aromatic heterocycles. The lowest BCUT2D eigenvalue weighted by atomic mass is 9.93. The molecule has 0 bridgehead atoms. The zero-order valence-electron chi connectivity index (χ0n) is 11.4. The van der Waals surface area contributed by atoms with E-state index in [0.29, 0.717) is 18.7 Å². The fourth-order valence-corrected chi connectivity index (χ4v) is 4.55. The third-order valence-corrected chi connectivity index (χ3v) is 6.04. The molecule has 20 heavy (non-hydrogen) atoms. The Morgan fingerprint density at radius 3 is 2.55 bits per heavy atom. The van der Waals surface area contributed by atoms with Crippen molar-refractivity contribution in [3.05, 3.63) is 28.8 Å². The highest BCUT2D eigenvalue weighted by molar-refractivity contribution is 7.89. The van der Waals surface area contributed by atoms with Gasteiger partial charge in [-0.25, -0.2) is 8.42 Å². The molecule has 0 atom stereocenters. The molecule has 1 heterocycles. The standard InChI is InChI=1S/C13H17ClN2O2S2/c1-13(2)5-6-16(8-13)20(17,18)11-4-3-9(12(15)19)7-10(11)14/h3-4,7H,5-6,8H2,1-2H3,(H2,15,19). The van der Waals surface area contributed by atoms with Crippen LogP contribution >= 0.6 is 23.8 Å². The average Bonchev–Trinajstić information content (AvgIpc) is 2.69. The summed E-state index contributed by atoms with van der Waals surface area (Å²) in [7, 11) is -3.57. The van der Waals surface area contributed by atoms with Gasteiger partial charge in [-0.1, -0.05) is 43.7 Å². The number of rotatable bonds is 3. The van der Waals surface area contributed by atoms with Crippen LogP contribution in [0.15, 0.2) is 23.1 Å². The maximum atomic E-state index is 12.6. The summed E-state index contributed by atoms with van der Waals surface area (Å²) in [6.45, 7) is 5.13. The first-order valence-corrected chi connectivity index (χ1v) is 8.46. The number of hydrogen-bond acceptors (Lipinski definition) is 3. The first-order chi connectivity index (χ1) is 9.13. The SMILES string of the molecule is CC1(C)CCN(S(=O)(=O)c2ccc(C(N)=S)cc2Cl)C1. The molecule has 1 aromatic rings. The fraction of sp³-hybridized carbons (Fsp3) is 0.462. The Hall–Kier alpha value is -0.690. The Kier molecular flexibility index (Phi) is 4.12. The van der Waals surface area contributed by atoms with Gasteiger partial charge in [0, 0.05) is 18.7 Å². The molecule has 110 valence electrons. The monoisotopic (exact) mass is 332 g/mol. The lowest BCUT2D eigenvalue weighted by molar-refractivity contribution is 0.375. The topological polar surface area (TPSA) is 63.4 Å².